The summed E-state index contributed by atoms with van der Waals surface area (Å²) in [5, 5.41) is 9.84. The summed E-state index contributed by atoms with van der Waals surface area (Å²) in [7, 11) is 0. The SMILES string of the molecule is CCCCCCCCCCCCCCCCCCc1c(N)cccc1O. The molecule has 26 heavy (non-hydrogen) atoms. The van der Waals surface area contributed by atoms with Crippen LogP contribution in [0.4, 0.5) is 5.69 Å². The minimum Gasteiger partial charge on any atom is -0.508 e. The van der Waals surface area contributed by atoms with Gasteiger partial charge in [-0.05, 0) is 25.0 Å². The van der Waals surface area contributed by atoms with E-state index >= 15 is 0 Å². The Bertz CT molecular complexity index is 424. The van der Waals surface area contributed by atoms with Gasteiger partial charge in [-0.1, -0.05) is 109 Å². The van der Waals surface area contributed by atoms with Gasteiger partial charge in [0.05, 0.1) is 0 Å². The third-order valence-electron chi connectivity index (χ3n) is 5.47. The fourth-order valence-electron chi connectivity index (χ4n) is 3.71. The Balaban J connectivity index is 1.81. The number of anilines is 1. The summed E-state index contributed by atoms with van der Waals surface area (Å²) in [5.41, 5.74) is 7.58. The molecule has 3 N–H and O–H groups in total. The van der Waals surface area contributed by atoms with E-state index in [1.165, 1.54) is 96.3 Å². The summed E-state index contributed by atoms with van der Waals surface area (Å²) in [5.74, 6) is 0.353. The van der Waals surface area contributed by atoms with Crippen LogP contribution in [0.3, 0.4) is 0 Å². The molecule has 0 amide bonds. The summed E-state index contributed by atoms with van der Waals surface area (Å²) >= 11 is 0. The number of nitrogen functional groups attached to an aromatic ring is 1. The van der Waals surface area contributed by atoms with Crippen LogP contribution in [0.2, 0.25) is 0 Å². The van der Waals surface area contributed by atoms with Crippen molar-refractivity contribution in [2.45, 2.75) is 116 Å². The van der Waals surface area contributed by atoms with Crippen LogP contribution in [0.1, 0.15) is 115 Å². The van der Waals surface area contributed by atoms with Crippen molar-refractivity contribution in [2.24, 2.45) is 0 Å². The van der Waals surface area contributed by atoms with Gasteiger partial charge >= 0.3 is 0 Å². The number of phenols is 1. The summed E-state index contributed by atoms with van der Waals surface area (Å²) in [4.78, 5) is 0. The highest BCUT2D eigenvalue weighted by Gasteiger charge is 2.04. The molecule has 0 aliphatic rings. The Morgan fingerprint density at radius 1 is 0.654 bits per heavy atom. The van der Waals surface area contributed by atoms with Gasteiger partial charge in [0.15, 0.2) is 0 Å². The van der Waals surface area contributed by atoms with E-state index in [1.54, 1.807) is 6.07 Å². The highest BCUT2D eigenvalue weighted by Crippen LogP contribution is 2.25. The summed E-state index contributed by atoms with van der Waals surface area (Å²) in [6, 6.07) is 5.42. The number of phenolic OH excluding ortho intramolecular Hbond substituents is 1. The van der Waals surface area contributed by atoms with Gasteiger partial charge < -0.3 is 10.8 Å². The van der Waals surface area contributed by atoms with Gasteiger partial charge in [0, 0.05) is 11.3 Å². The highest BCUT2D eigenvalue weighted by molar-refractivity contribution is 5.53. The standard InChI is InChI=1S/C24H43NO/c1-2-3-4-5-6-7-8-9-10-11-12-13-14-15-16-17-19-22-23(25)20-18-21-24(22)26/h18,20-21,26H,2-17,19,25H2,1H3. The average molecular weight is 362 g/mol. The second-order valence-electron chi connectivity index (χ2n) is 7.90. The van der Waals surface area contributed by atoms with E-state index in [-0.39, 0.29) is 0 Å². The third kappa shape index (κ3) is 11.4. The topological polar surface area (TPSA) is 46.2 Å². The van der Waals surface area contributed by atoms with E-state index in [2.05, 4.69) is 6.92 Å². The van der Waals surface area contributed by atoms with Crippen molar-refractivity contribution < 1.29 is 5.11 Å². The number of aromatic hydroxyl groups is 1. The smallest absolute Gasteiger partial charge is 0.120 e. The molecule has 0 unspecified atom stereocenters. The van der Waals surface area contributed by atoms with Gasteiger partial charge in [-0.15, -0.1) is 0 Å². The second kappa shape index (κ2) is 16.0. The summed E-state index contributed by atoms with van der Waals surface area (Å²) < 4.78 is 0. The molecule has 0 spiro atoms. The molecule has 0 aliphatic carbocycles. The van der Waals surface area contributed by atoms with E-state index in [9.17, 15) is 5.11 Å². The van der Waals surface area contributed by atoms with Crippen LogP contribution in [0.5, 0.6) is 5.75 Å². The lowest BCUT2D eigenvalue weighted by atomic mass is 10.0. The first-order chi connectivity index (χ1) is 12.8. The lowest BCUT2D eigenvalue weighted by Gasteiger charge is -2.08. The van der Waals surface area contributed by atoms with Crippen LogP contribution in [-0.2, 0) is 6.42 Å². The zero-order valence-electron chi connectivity index (χ0n) is 17.3. The molecule has 0 bridgehead atoms. The van der Waals surface area contributed by atoms with Gasteiger partial charge in [-0.2, -0.15) is 0 Å². The zero-order valence-corrected chi connectivity index (χ0v) is 17.3. The fourth-order valence-corrected chi connectivity index (χ4v) is 3.71. The average Bonchev–Trinajstić information content (AvgIpc) is 2.63. The first-order valence-corrected chi connectivity index (χ1v) is 11.3. The largest absolute Gasteiger partial charge is 0.508 e. The van der Waals surface area contributed by atoms with Crippen LogP contribution in [0.25, 0.3) is 0 Å². The molecule has 0 aromatic heterocycles. The minimum atomic E-state index is 0.353. The molecule has 1 aromatic rings. The van der Waals surface area contributed by atoms with Crippen molar-refractivity contribution in [3.8, 4) is 5.75 Å². The van der Waals surface area contributed by atoms with Crippen molar-refractivity contribution in [1.29, 1.82) is 0 Å². The molecule has 0 saturated carbocycles. The van der Waals surface area contributed by atoms with E-state index in [0.717, 1.165) is 24.1 Å². The second-order valence-corrected chi connectivity index (χ2v) is 7.90. The first-order valence-electron chi connectivity index (χ1n) is 11.3. The highest BCUT2D eigenvalue weighted by atomic mass is 16.3. The molecule has 1 aromatic carbocycles. The van der Waals surface area contributed by atoms with E-state index < -0.39 is 0 Å². The Hall–Kier alpha value is -1.18. The van der Waals surface area contributed by atoms with Crippen LogP contribution >= 0.6 is 0 Å². The molecule has 0 heterocycles. The number of benzene rings is 1. The van der Waals surface area contributed by atoms with Gasteiger partial charge in [0.1, 0.15) is 5.75 Å². The molecule has 0 aliphatic heterocycles. The maximum atomic E-state index is 9.84. The molecule has 1 rings (SSSR count). The van der Waals surface area contributed by atoms with Gasteiger partial charge in [-0.25, -0.2) is 0 Å². The first kappa shape index (κ1) is 22.9. The maximum Gasteiger partial charge on any atom is 0.120 e. The Labute approximate surface area is 162 Å². The number of hydrogen-bond acceptors (Lipinski definition) is 2. The van der Waals surface area contributed by atoms with Crippen molar-refractivity contribution >= 4 is 5.69 Å². The Kier molecular flexibility index (Phi) is 14.1. The predicted octanol–water partition coefficient (Wildman–Crippen LogP) is 7.78. The number of unbranched alkanes of at least 4 members (excludes halogenated alkanes) is 15. The Morgan fingerprint density at radius 2 is 1.08 bits per heavy atom. The molecule has 150 valence electrons. The quantitative estimate of drug-likeness (QED) is 0.220. The number of rotatable bonds is 17. The minimum absolute atomic E-state index is 0.353. The number of nitrogens with two attached hydrogens (primary N) is 1. The molecule has 2 heteroatoms. The van der Waals surface area contributed by atoms with E-state index in [0.29, 0.717) is 5.75 Å². The molecule has 0 radical (unpaired) electrons. The molecule has 0 atom stereocenters. The van der Waals surface area contributed by atoms with E-state index in [1.807, 2.05) is 12.1 Å². The lowest BCUT2D eigenvalue weighted by Crippen LogP contribution is -1.95. The monoisotopic (exact) mass is 361 g/mol. The van der Waals surface area contributed by atoms with Crippen molar-refractivity contribution in [3.63, 3.8) is 0 Å². The molecule has 0 fully saturated rings. The molecular formula is C24H43NO. The van der Waals surface area contributed by atoms with Gasteiger partial charge in [0.25, 0.3) is 0 Å². The summed E-state index contributed by atoms with van der Waals surface area (Å²) in [6.07, 6.45) is 23.0. The fraction of sp³-hybridized carbons (Fsp3) is 0.750. The van der Waals surface area contributed by atoms with Crippen LogP contribution in [-0.4, -0.2) is 5.11 Å². The van der Waals surface area contributed by atoms with Crippen molar-refractivity contribution in [3.05, 3.63) is 23.8 Å². The summed E-state index contributed by atoms with van der Waals surface area (Å²) in [6.45, 7) is 2.28. The third-order valence-corrected chi connectivity index (χ3v) is 5.47. The van der Waals surface area contributed by atoms with E-state index in [4.69, 9.17) is 5.73 Å². The van der Waals surface area contributed by atoms with Gasteiger partial charge in [0.2, 0.25) is 0 Å². The molecular weight excluding hydrogens is 318 g/mol. The predicted molar refractivity (Wildman–Crippen MR) is 116 cm³/mol. The Morgan fingerprint density at radius 3 is 1.50 bits per heavy atom. The molecule has 2 nitrogen and oxygen atoms in total. The number of hydrogen-bond donors (Lipinski definition) is 2. The van der Waals surface area contributed by atoms with Gasteiger partial charge in [-0.3, -0.25) is 0 Å². The maximum absolute atomic E-state index is 9.84. The van der Waals surface area contributed by atoms with Crippen LogP contribution in [0, 0.1) is 0 Å². The molecule has 0 saturated heterocycles. The normalized spacial score (nSPS) is 11.1. The van der Waals surface area contributed by atoms with Crippen molar-refractivity contribution in [1.82, 2.24) is 0 Å². The van der Waals surface area contributed by atoms with Crippen LogP contribution < -0.4 is 5.73 Å². The zero-order chi connectivity index (χ0) is 18.9. The van der Waals surface area contributed by atoms with Crippen LogP contribution in [0.15, 0.2) is 18.2 Å². The van der Waals surface area contributed by atoms with Crippen molar-refractivity contribution in [2.75, 3.05) is 5.73 Å². The lowest BCUT2D eigenvalue weighted by molar-refractivity contribution is 0.466.